The third kappa shape index (κ3) is 4.01. The monoisotopic (exact) mass is 283 g/mol. The van der Waals surface area contributed by atoms with E-state index in [1.54, 1.807) is 13.8 Å². The first-order chi connectivity index (χ1) is 9.12. The second kappa shape index (κ2) is 5.64. The number of benzene rings is 1. The molecule has 0 bridgehead atoms. The van der Waals surface area contributed by atoms with Crippen LogP contribution in [-0.2, 0) is 4.79 Å². The van der Waals surface area contributed by atoms with Gasteiger partial charge in [-0.15, -0.1) is 0 Å². The number of carbonyl (C=O) groups is 2. The normalized spacial score (nSPS) is 10.9. The van der Waals surface area contributed by atoms with Gasteiger partial charge in [-0.3, -0.25) is 19.7 Å². The van der Waals surface area contributed by atoms with Crippen LogP contribution in [0.1, 0.15) is 30.6 Å². The van der Waals surface area contributed by atoms with Gasteiger partial charge >= 0.3 is 5.69 Å². The van der Waals surface area contributed by atoms with Crippen LogP contribution in [0.3, 0.4) is 0 Å². The molecule has 0 unspecified atom stereocenters. The molecule has 0 aliphatic rings. The van der Waals surface area contributed by atoms with Crippen LogP contribution in [0.15, 0.2) is 18.2 Å². The number of primary amides is 1. The van der Waals surface area contributed by atoms with Crippen molar-refractivity contribution in [3.63, 3.8) is 0 Å². The number of nitrogens with two attached hydrogens (primary N) is 1. The molecule has 0 saturated carbocycles. The average Bonchev–Trinajstić information content (AvgIpc) is 2.25. The van der Waals surface area contributed by atoms with Crippen LogP contribution < -0.4 is 11.1 Å². The third-order valence-electron chi connectivity index (χ3n) is 2.47. The Labute approximate surface area is 114 Å². The fourth-order valence-corrected chi connectivity index (χ4v) is 1.66. The number of nitrogens with zero attached hydrogens (tertiary/aromatic N) is 1. The maximum absolute atomic E-state index is 13.4. The van der Waals surface area contributed by atoms with E-state index in [1.807, 2.05) is 0 Å². The quantitative estimate of drug-likeness (QED) is 0.622. The van der Waals surface area contributed by atoms with Crippen molar-refractivity contribution in [1.29, 1.82) is 0 Å². The largest absolute Gasteiger partial charge is 0.370 e. The van der Waals surface area contributed by atoms with E-state index < -0.39 is 33.8 Å². The van der Waals surface area contributed by atoms with Gasteiger partial charge in [0.15, 0.2) is 0 Å². The maximum Gasteiger partial charge on any atom is 0.304 e. The van der Waals surface area contributed by atoms with E-state index in [-0.39, 0.29) is 12.0 Å². The molecule has 7 nitrogen and oxygen atoms in total. The van der Waals surface area contributed by atoms with Crippen LogP contribution in [-0.4, -0.2) is 22.3 Å². The van der Waals surface area contributed by atoms with Crippen LogP contribution in [0.4, 0.5) is 10.1 Å². The van der Waals surface area contributed by atoms with Gasteiger partial charge in [0.2, 0.25) is 11.7 Å². The molecule has 0 fully saturated rings. The summed E-state index contributed by atoms with van der Waals surface area (Å²) in [7, 11) is 0. The molecule has 3 N–H and O–H groups in total. The number of carbonyl (C=O) groups excluding carboxylic acids is 2. The zero-order valence-corrected chi connectivity index (χ0v) is 11.0. The van der Waals surface area contributed by atoms with Crippen molar-refractivity contribution in [2.75, 3.05) is 0 Å². The van der Waals surface area contributed by atoms with Crippen molar-refractivity contribution in [3.05, 3.63) is 39.7 Å². The summed E-state index contributed by atoms with van der Waals surface area (Å²) >= 11 is 0. The molecule has 20 heavy (non-hydrogen) atoms. The minimum Gasteiger partial charge on any atom is -0.370 e. The van der Waals surface area contributed by atoms with Gasteiger partial charge in [-0.1, -0.05) is 0 Å². The van der Waals surface area contributed by atoms with E-state index in [4.69, 9.17) is 5.73 Å². The smallest absolute Gasteiger partial charge is 0.304 e. The second-order valence-electron chi connectivity index (χ2n) is 4.90. The summed E-state index contributed by atoms with van der Waals surface area (Å²) in [5.74, 6) is -2.34. The van der Waals surface area contributed by atoms with Crippen molar-refractivity contribution < 1.29 is 18.9 Å². The molecule has 108 valence electrons. The summed E-state index contributed by atoms with van der Waals surface area (Å²) in [4.78, 5) is 32.3. The predicted molar refractivity (Wildman–Crippen MR) is 68.4 cm³/mol. The first kappa shape index (κ1) is 15.5. The van der Waals surface area contributed by atoms with Gasteiger partial charge in [-0.05, 0) is 26.0 Å². The molecule has 0 aliphatic carbocycles. The lowest BCUT2D eigenvalue weighted by molar-refractivity contribution is -0.387. The van der Waals surface area contributed by atoms with Gasteiger partial charge < -0.3 is 11.1 Å². The Morgan fingerprint density at radius 1 is 1.45 bits per heavy atom. The van der Waals surface area contributed by atoms with E-state index in [9.17, 15) is 24.1 Å². The molecule has 0 radical (unpaired) electrons. The van der Waals surface area contributed by atoms with Crippen molar-refractivity contribution >= 4 is 17.5 Å². The molecule has 0 aromatic heterocycles. The number of hydrogen-bond acceptors (Lipinski definition) is 4. The van der Waals surface area contributed by atoms with Crippen molar-refractivity contribution in [2.45, 2.75) is 25.8 Å². The molecule has 0 heterocycles. The predicted octanol–water partition coefficient (Wildman–Crippen LogP) is 1.12. The summed E-state index contributed by atoms with van der Waals surface area (Å²) in [6.45, 7) is 3.16. The lowest BCUT2D eigenvalue weighted by atomic mass is 9.99. The minimum absolute atomic E-state index is 0.0781. The van der Waals surface area contributed by atoms with Crippen LogP contribution in [0.5, 0.6) is 0 Å². The van der Waals surface area contributed by atoms with Gasteiger partial charge in [0.25, 0.3) is 5.91 Å². The minimum atomic E-state index is -1.10. The van der Waals surface area contributed by atoms with Gasteiger partial charge in [-0.25, -0.2) is 0 Å². The zero-order chi connectivity index (χ0) is 15.5. The summed E-state index contributed by atoms with van der Waals surface area (Å²) in [6.07, 6.45) is -0.0891. The highest BCUT2D eigenvalue weighted by Gasteiger charge is 2.24. The highest BCUT2D eigenvalue weighted by atomic mass is 19.1. The summed E-state index contributed by atoms with van der Waals surface area (Å²) in [5, 5.41) is 13.0. The van der Waals surface area contributed by atoms with Gasteiger partial charge in [0, 0.05) is 23.6 Å². The second-order valence-corrected chi connectivity index (χ2v) is 4.90. The van der Waals surface area contributed by atoms with Crippen LogP contribution in [0, 0.1) is 15.9 Å². The van der Waals surface area contributed by atoms with Crippen molar-refractivity contribution in [2.24, 2.45) is 5.73 Å². The number of nitro groups is 1. The van der Waals surface area contributed by atoms with Crippen LogP contribution in [0.2, 0.25) is 0 Å². The van der Waals surface area contributed by atoms with Crippen molar-refractivity contribution in [1.82, 2.24) is 5.32 Å². The standard InChI is InChI=1S/C12H14FN3O4/c1-12(2,6-10(14)17)15-11(18)7-3-4-9(16(19)20)8(13)5-7/h3-5H,6H2,1-2H3,(H2,14,17)(H,15,18). The molecular weight excluding hydrogens is 269 g/mol. The first-order valence-electron chi connectivity index (χ1n) is 5.67. The van der Waals surface area contributed by atoms with E-state index in [2.05, 4.69) is 5.32 Å². The molecule has 0 aliphatic heterocycles. The Kier molecular flexibility index (Phi) is 4.38. The van der Waals surface area contributed by atoms with E-state index >= 15 is 0 Å². The molecule has 0 atom stereocenters. The van der Waals surface area contributed by atoms with Gasteiger partial charge in [-0.2, -0.15) is 4.39 Å². The molecule has 0 spiro atoms. The maximum atomic E-state index is 13.4. The fraction of sp³-hybridized carbons (Fsp3) is 0.333. The summed E-state index contributed by atoms with van der Waals surface area (Å²) in [5.41, 5.74) is 3.36. The molecule has 1 rings (SSSR count). The fourth-order valence-electron chi connectivity index (χ4n) is 1.66. The Bertz CT molecular complexity index is 572. The van der Waals surface area contributed by atoms with Crippen LogP contribution >= 0.6 is 0 Å². The first-order valence-corrected chi connectivity index (χ1v) is 5.67. The molecule has 1 aromatic rings. The molecule has 0 saturated heterocycles. The number of rotatable bonds is 5. The SMILES string of the molecule is CC(C)(CC(N)=O)NC(=O)c1ccc([N+](=O)[O-])c(F)c1. The number of nitro benzene ring substituents is 1. The Morgan fingerprint density at radius 2 is 2.05 bits per heavy atom. The number of halogens is 1. The number of nitrogens with one attached hydrogen (secondary N) is 1. The highest BCUT2D eigenvalue weighted by Crippen LogP contribution is 2.18. The number of amides is 2. The van der Waals surface area contributed by atoms with E-state index in [0.29, 0.717) is 0 Å². The van der Waals surface area contributed by atoms with Gasteiger partial charge in [0.1, 0.15) is 0 Å². The molecule has 8 heteroatoms. The third-order valence-corrected chi connectivity index (χ3v) is 2.47. The summed E-state index contributed by atoms with van der Waals surface area (Å²) < 4.78 is 13.4. The van der Waals surface area contributed by atoms with Crippen LogP contribution in [0.25, 0.3) is 0 Å². The Hall–Kier alpha value is -2.51. The Morgan fingerprint density at radius 3 is 2.50 bits per heavy atom. The lowest BCUT2D eigenvalue weighted by Gasteiger charge is -2.24. The highest BCUT2D eigenvalue weighted by molar-refractivity contribution is 5.95. The topological polar surface area (TPSA) is 115 Å². The zero-order valence-electron chi connectivity index (χ0n) is 11.0. The van der Waals surface area contributed by atoms with Crippen molar-refractivity contribution in [3.8, 4) is 0 Å². The molecule has 2 amide bonds. The molecular formula is C12H14FN3O4. The van der Waals surface area contributed by atoms with Gasteiger partial charge in [0.05, 0.1) is 4.92 Å². The molecule has 1 aromatic carbocycles. The van der Waals surface area contributed by atoms with E-state index in [1.165, 1.54) is 0 Å². The average molecular weight is 283 g/mol. The lowest BCUT2D eigenvalue weighted by Crippen LogP contribution is -2.46. The summed E-state index contributed by atoms with van der Waals surface area (Å²) in [6, 6.07) is 2.82. The Balaban J connectivity index is 2.91. The number of hydrogen-bond donors (Lipinski definition) is 2. The van der Waals surface area contributed by atoms with E-state index in [0.717, 1.165) is 18.2 Å².